The molecule has 0 aromatic heterocycles. The standard InChI is InChI=1S/C17H17NO3/c1-3-16(13-6-4-12(2)5-7-13)17(19)14-8-10-15(11-9-14)18(20)21/h3-11,16-17,19H,1H2,2H3/t16-,17-/m0/s1. The van der Waals surface area contributed by atoms with Gasteiger partial charge in [-0.3, -0.25) is 10.1 Å². The summed E-state index contributed by atoms with van der Waals surface area (Å²) in [6, 6.07) is 13.8. The highest BCUT2D eigenvalue weighted by Gasteiger charge is 2.20. The molecule has 2 aromatic rings. The normalized spacial score (nSPS) is 13.4. The van der Waals surface area contributed by atoms with Crippen LogP contribution in [-0.4, -0.2) is 10.0 Å². The van der Waals surface area contributed by atoms with E-state index in [2.05, 4.69) is 6.58 Å². The van der Waals surface area contributed by atoms with Crippen LogP contribution in [0.3, 0.4) is 0 Å². The fraction of sp³-hybridized carbons (Fsp3) is 0.176. The van der Waals surface area contributed by atoms with Crippen molar-refractivity contribution in [2.75, 3.05) is 0 Å². The molecule has 2 aromatic carbocycles. The Morgan fingerprint density at radius 2 is 1.62 bits per heavy atom. The minimum Gasteiger partial charge on any atom is -0.387 e. The highest BCUT2D eigenvalue weighted by atomic mass is 16.6. The van der Waals surface area contributed by atoms with Crippen LogP contribution >= 0.6 is 0 Å². The summed E-state index contributed by atoms with van der Waals surface area (Å²) in [6.07, 6.45) is 0.905. The Kier molecular flexibility index (Phi) is 4.50. The molecule has 0 amide bonds. The Morgan fingerprint density at radius 1 is 1.10 bits per heavy atom. The number of aliphatic hydroxyl groups is 1. The van der Waals surface area contributed by atoms with Crippen LogP contribution in [0, 0.1) is 17.0 Å². The lowest BCUT2D eigenvalue weighted by Gasteiger charge is -2.20. The average molecular weight is 283 g/mol. The highest BCUT2D eigenvalue weighted by Crippen LogP contribution is 2.32. The van der Waals surface area contributed by atoms with Crippen molar-refractivity contribution in [1.82, 2.24) is 0 Å². The van der Waals surface area contributed by atoms with E-state index in [0.29, 0.717) is 5.56 Å². The molecular weight excluding hydrogens is 266 g/mol. The zero-order valence-electron chi connectivity index (χ0n) is 11.8. The van der Waals surface area contributed by atoms with Crippen molar-refractivity contribution in [3.05, 3.63) is 88.0 Å². The SMILES string of the molecule is C=C[C@@H](c1ccc(C)cc1)[C@@H](O)c1ccc([N+](=O)[O-])cc1. The third-order valence-electron chi connectivity index (χ3n) is 3.50. The quantitative estimate of drug-likeness (QED) is 0.514. The van der Waals surface area contributed by atoms with Crippen LogP contribution in [-0.2, 0) is 0 Å². The molecule has 0 bridgehead atoms. The van der Waals surface area contributed by atoms with E-state index in [9.17, 15) is 15.2 Å². The number of rotatable bonds is 5. The first-order valence-electron chi connectivity index (χ1n) is 6.64. The van der Waals surface area contributed by atoms with E-state index >= 15 is 0 Å². The molecule has 0 radical (unpaired) electrons. The molecule has 0 aliphatic carbocycles. The molecule has 4 heteroatoms. The largest absolute Gasteiger partial charge is 0.387 e. The van der Waals surface area contributed by atoms with E-state index in [1.54, 1.807) is 18.2 Å². The van der Waals surface area contributed by atoms with Gasteiger partial charge in [-0.05, 0) is 30.2 Å². The molecule has 0 fully saturated rings. The first-order valence-corrected chi connectivity index (χ1v) is 6.64. The predicted molar refractivity (Wildman–Crippen MR) is 82.2 cm³/mol. The van der Waals surface area contributed by atoms with Crippen molar-refractivity contribution in [2.24, 2.45) is 0 Å². The van der Waals surface area contributed by atoms with Crippen molar-refractivity contribution >= 4 is 5.69 Å². The van der Waals surface area contributed by atoms with E-state index in [1.165, 1.54) is 12.1 Å². The molecule has 0 saturated carbocycles. The average Bonchev–Trinajstić information content (AvgIpc) is 2.50. The maximum absolute atomic E-state index is 10.7. The highest BCUT2D eigenvalue weighted by molar-refractivity contribution is 5.37. The summed E-state index contributed by atoms with van der Waals surface area (Å²) in [5.74, 6) is -0.257. The number of aliphatic hydroxyl groups excluding tert-OH is 1. The van der Waals surface area contributed by atoms with Crippen LogP contribution in [0.25, 0.3) is 0 Å². The van der Waals surface area contributed by atoms with Crippen molar-refractivity contribution in [3.8, 4) is 0 Å². The maximum atomic E-state index is 10.7. The van der Waals surface area contributed by atoms with Crippen LogP contribution in [0.5, 0.6) is 0 Å². The molecule has 0 heterocycles. The molecule has 0 aliphatic heterocycles. The minimum atomic E-state index is -0.786. The second-order valence-corrected chi connectivity index (χ2v) is 4.97. The van der Waals surface area contributed by atoms with Gasteiger partial charge in [0.15, 0.2) is 0 Å². The molecule has 0 unspecified atom stereocenters. The lowest BCUT2D eigenvalue weighted by Crippen LogP contribution is -2.08. The molecular formula is C17H17NO3. The molecule has 4 nitrogen and oxygen atoms in total. The number of benzene rings is 2. The van der Waals surface area contributed by atoms with Gasteiger partial charge in [0, 0.05) is 18.1 Å². The second-order valence-electron chi connectivity index (χ2n) is 4.97. The number of nitro groups is 1. The minimum absolute atomic E-state index is 0.0106. The molecule has 108 valence electrons. The Balaban J connectivity index is 2.27. The van der Waals surface area contributed by atoms with Gasteiger partial charge in [0.2, 0.25) is 0 Å². The van der Waals surface area contributed by atoms with Crippen molar-refractivity contribution in [1.29, 1.82) is 0 Å². The van der Waals surface area contributed by atoms with E-state index in [-0.39, 0.29) is 11.6 Å². The van der Waals surface area contributed by atoms with E-state index in [4.69, 9.17) is 0 Å². The smallest absolute Gasteiger partial charge is 0.269 e. The first-order chi connectivity index (χ1) is 10.0. The third-order valence-corrected chi connectivity index (χ3v) is 3.50. The number of hydrogen-bond donors (Lipinski definition) is 1. The van der Waals surface area contributed by atoms with Gasteiger partial charge < -0.3 is 5.11 Å². The summed E-state index contributed by atoms with van der Waals surface area (Å²) in [7, 11) is 0. The monoisotopic (exact) mass is 283 g/mol. The van der Waals surface area contributed by atoms with Gasteiger partial charge in [0.25, 0.3) is 5.69 Å². The van der Waals surface area contributed by atoms with Crippen LogP contribution in [0.15, 0.2) is 61.2 Å². The fourth-order valence-electron chi connectivity index (χ4n) is 2.24. The number of aryl methyl sites for hydroxylation is 1. The predicted octanol–water partition coefficient (Wildman–Crippen LogP) is 3.91. The summed E-state index contributed by atoms with van der Waals surface area (Å²) in [5.41, 5.74) is 2.75. The lowest BCUT2D eigenvalue weighted by atomic mass is 9.89. The molecule has 0 spiro atoms. The lowest BCUT2D eigenvalue weighted by molar-refractivity contribution is -0.384. The Hall–Kier alpha value is -2.46. The molecule has 0 aliphatic rings. The van der Waals surface area contributed by atoms with Gasteiger partial charge in [0.05, 0.1) is 11.0 Å². The summed E-state index contributed by atoms with van der Waals surface area (Å²) in [5, 5.41) is 21.1. The van der Waals surface area contributed by atoms with Crippen molar-refractivity contribution < 1.29 is 10.0 Å². The summed E-state index contributed by atoms with van der Waals surface area (Å²) in [6.45, 7) is 5.78. The summed E-state index contributed by atoms with van der Waals surface area (Å²) < 4.78 is 0. The van der Waals surface area contributed by atoms with Crippen molar-refractivity contribution in [2.45, 2.75) is 18.9 Å². The number of nitro benzene ring substituents is 1. The Bertz CT molecular complexity index is 632. The van der Waals surface area contributed by atoms with E-state index in [0.717, 1.165) is 11.1 Å². The van der Waals surface area contributed by atoms with Gasteiger partial charge in [-0.2, -0.15) is 0 Å². The van der Waals surface area contributed by atoms with Gasteiger partial charge >= 0.3 is 0 Å². The summed E-state index contributed by atoms with van der Waals surface area (Å²) >= 11 is 0. The van der Waals surface area contributed by atoms with Gasteiger partial charge in [-0.1, -0.05) is 35.9 Å². The van der Waals surface area contributed by atoms with Gasteiger partial charge in [0.1, 0.15) is 0 Å². The maximum Gasteiger partial charge on any atom is 0.269 e. The Labute approximate surface area is 123 Å². The zero-order chi connectivity index (χ0) is 15.4. The van der Waals surface area contributed by atoms with Gasteiger partial charge in [-0.15, -0.1) is 6.58 Å². The third kappa shape index (κ3) is 3.35. The first kappa shape index (κ1) is 14.9. The Morgan fingerprint density at radius 3 is 2.10 bits per heavy atom. The van der Waals surface area contributed by atoms with E-state index in [1.807, 2.05) is 31.2 Å². The van der Waals surface area contributed by atoms with Crippen LogP contribution in [0.4, 0.5) is 5.69 Å². The molecule has 1 N–H and O–H groups in total. The number of nitrogens with zero attached hydrogens (tertiary/aromatic N) is 1. The van der Waals surface area contributed by atoms with Crippen LogP contribution in [0.1, 0.15) is 28.7 Å². The van der Waals surface area contributed by atoms with Crippen molar-refractivity contribution in [3.63, 3.8) is 0 Å². The topological polar surface area (TPSA) is 63.4 Å². The van der Waals surface area contributed by atoms with E-state index < -0.39 is 11.0 Å². The molecule has 2 rings (SSSR count). The van der Waals surface area contributed by atoms with Crippen LogP contribution in [0.2, 0.25) is 0 Å². The molecule has 2 atom stereocenters. The summed E-state index contributed by atoms with van der Waals surface area (Å²) in [4.78, 5) is 10.2. The zero-order valence-corrected chi connectivity index (χ0v) is 11.8. The number of non-ortho nitro benzene ring substituents is 1. The fourth-order valence-corrected chi connectivity index (χ4v) is 2.24. The molecule has 21 heavy (non-hydrogen) atoms. The molecule has 0 saturated heterocycles. The van der Waals surface area contributed by atoms with Gasteiger partial charge in [-0.25, -0.2) is 0 Å². The second kappa shape index (κ2) is 6.33. The number of hydrogen-bond acceptors (Lipinski definition) is 3. The van der Waals surface area contributed by atoms with Crippen LogP contribution < -0.4 is 0 Å².